The summed E-state index contributed by atoms with van der Waals surface area (Å²) in [6.45, 7) is 0. The average Bonchev–Trinajstić information content (AvgIpc) is 2.29. The van der Waals surface area contributed by atoms with Crippen molar-refractivity contribution in [1.29, 1.82) is 0 Å². The molecule has 0 heterocycles. The lowest BCUT2D eigenvalue weighted by atomic mass is 10.0. The molecule has 2 aromatic carbocycles. The molecule has 1 atom stereocenters. The van der Waals surface area contributed by atoms with Crippen LogP contribution in [0.25, 0.3) is 0 Å². The Morgan fingerprint density at radius 2 is 1.53 bits per heavy atom. The van der Waals surface area contributed by atoms with Crippen molar-refractivity contribution in [2.75, 3.05) is 0 Å². The van der Waals surface area contributed by atoms with Gasteiger partial charge in [-0.05, 0) is 45.9 Å². The molecule has 0 fully saturated rings. The molecule has 0 saturated carbocycles. The Hall–Kier alpha value is -0.540. The van der Waals surface area contributed by atoms with Gasteiger partial charge >= 0.3 is 0 Å². The third kappa shape index (κ3) is 2.73. The molecular weight excluding hydrogens is 318 g/mol. The summed E-state index contributed by atoms with van der Waals surface area (Å²) in [5.41, 5.74) is 2.29. The first kappa shape index (κ1) is 11.0. The van der Waals surface area contributed by atoms with E-state index in [4.69, 9.17) is 11.6 Å². The Balaban J connectivity index is 2.32. The van der Waals surface area contributed by atoms with Gasteiger partial charge in [0.1, 0.15) is 0 Å². The van der Waals surface area contributed by atoms with Crippen LogP contribution in [0.1, 0.15) is 16.5 Å². The van der Waals surface area contributed by atoms with E-state index in [0.29, 0.717) is 0 Å². The second-order valence-corrected chi connectivity index (χ2v) is 5.01. The number of alkyl halides is 1. The standard InChI is InChI=1S/C13H10ClI/c14-13(10-5-2-1-3-6-10)11-7-4-8-12(15)9-11/h1-9,13H. The van der Waals surface area contributed by atoms with Gasteiger partial charge in [0.2, 0.25) is 0 Å². The average molecular weight is 329 g/mol. The van der Waals surface area contributed by atoms with Crippen LogP contribution < -0.4 is 0 Å². The quantitative estimate of drug-likeness (QED) is 0.557. The summed E-state index contributed by atoms with van der Waals surface area (Å²) < 4.78 is 1.21. The maximum absolute atomic E-state index is 6.40. The molecule has 2 rings (SSSR count). The monoisotopic (exact) mass is 328 g/mol. The fraction of sp³-hybridized carbons (Fsp3) is 0.0769. The van der Waals surface area contributed by atoms with Gasteiger partial charge in [-0.25, -0.2) is 0 Å². The maximum atomic E-state index is 6.40. The lowest BCUT2D eigenvalue weighted by Crippen LogP contribution is -1.92. The molecular formula is C13H10ClI. The van der Waals surface area contributed by atoms with E-state index in [9.17, 15) is 0 Å². The minimum Gasteiger partial charge on any atom is -0.113 e. The topological polar surface area (TPSA) is 0 Å². The number of hydrogen-bond donors (Lipinski definition) is 0. The van der Waals surface area contributed by atoms with Crippen molar-refractivity contribution in [3.63, 3.8) is 0 Å². The van der Waals surface area contributed by atoms with E-state index < -0.39 is 0 Å². The van der Waals surface area contributed by atoms with E-state index in [1.165, 1.54) is 3.57 Å². The van der Waals surface area contributed by atoms with Gasteiger partial charge in [-0.15, -0.1) is 11.6 Å². The van der Waals surface area contributed by atoms with E-state index in [1.54, 1.807) is 0 Å². The molecule has 0 amide bonds. The van der Waals surface area contributed by atoms with Crippen molar-refractivity contribution >= 4 is 34.2 Å². The minimum absolute atomic E-state index is 0.0547. The fourth-order valence-electron chi connectivity index (χ4n) is 1.48. The number of halogens is 2. The fourth-order valence-corrected chi connectivity index (χ4v) is 2.33. The molecule has 0 aliphatic carbocycles. The van der Waals surface area contributed by atoms with Crippen LogP contribution >= 0.6 is 34.2 Å². The van der Waals surface area contributed by atoms with Crippen LogP contribution in [0.2, 0.25) is 0 Å². The molecule has 0 aromatic heterocycles. The van der Waals surface area contributed by atoms with Crippen LogP contribution in [-0.2, 0) is 0 Å². The van der Waals surface area contributed by atoms with Crippen molar-refractivity contribution in [3.8, 4) is 0 Å². The highest BCUT2D eigenvalue weighted by molar-refractivity contribution is 14.1. The van der Waals surface area contributed by atoms with Gasteiger partial charge in [0.05, 0.1) is 5.38 Å². The van der Waals surface area contributed by atoms with Crippen molar-refractivity contribution in [2.45, 2.75) is 5.38 Å². The summed E-state index contributed by atoms with van der Waals surface area (Å²) in [4.78, 5) is 0. The maximum Gasteiger partial charge on any atom is 0.0835 e. The van der Waals surface area contributed by atoms with Crippen molar-refractivity contribution in [2.24, 2.45) is 0 Å². The molecule has 0 aliphatic heterocycles. The summed E-state index contributed by atoms with van der Waals surface area (Å²) in [6.07, 6.45) is 0. The van der Waals surface area contributed by atoms with Gasteiger partial charge in [-0.2, -0.15) is 0 Å². The first-order valence-corrected chi connectivity index (χ1v) is 6.23. The molecule has 0 nitrogen and oxygen atoms in total. The molecule has 0 aliphatic rings. The molecule has 0 bridgehead atoms. The van der Waals surface area contributed by atoms with E-state index >= 15 is 0 Å². The molecule has 0 radical (unpaired) electrons. The highest BCUT2D eigenvalue weighted by Crippen LogP contribution is 2.28. The Bertz CT molecular complexity index is 439. The molecule has 1 unspecified atom stereocenters. The predicted octanol–water partition coefficient (Wildman–Crippen LogP) is 4.62. The third-order valence-corrected chi connectivity index (χ3v) is 3.41. The zero-order valence-electron chi connectivity index (χ0n) is 8.03. The molecule has 0 N–H and O–H groups in total. The molecule has 76 valence electrons. The number of rotatable bonds is 2. The van der Waals surface area contributed by atoms with Crippen LogP contribution in [0.3, 0.4) is 0 Å². The van der Waals surface area contributed by atoms with Crippen molar-refractivity contribution in [3.05, 3.63) is 69.3 Å². The Morgan fingerprint density at radius 3 is 2.20 bits per heavy atom. The van der Waals surface area contributed by atoms with E-state index in [2.05, 4.69) is 52.9 Å². The van der Waals surface area contributed by atoms with Crippen LogP contribution in [-0.4, -0.2) is 0 Å². The zero-order valence-corrected chi connectivity index (χ0v) is 10.9. The van der Waals surface area contributed by atoms with Crippen LogP contribution in [0, 0.1) is 3.57 Å². The predicted molar refractivity (Wildman–Crippen MR) is 73.3 cm³/mol. The molecule has 0 saturated heterocycles. The van der Waals surface area contributed by atoms with Crippen molar-refractivity contribution in [1.82, 2.24) is 0 Å². The van der Waals surface area contributed by atoms with Crippen LogP contribution in [0.15, 0.2) is 54.6 Å². The lowest BCUT2D eigenvalue weighted by molar-refractivity contribution is 1.14. The second kappa shape index (κ2) is 4.99. The molecule has 0 spiro atoms. The van der Waals surface area contributed by atoms with Crippen LogP contribution in [0.5, 0.6) is 0 Å². The van der Waals surface area contributed by atoms with Gasteiger partial charge in [-0.1, -0.05) is 42.5 Å². The van der Waals surface area contributed by atoms with E-state index in [-0.39, 0.29) is 5.38 Å². The largest absolute Gasteiger partial charge is 0.113 e. The lowest BCUT2D eigenvalue weighted by Gasteiger charge is -2.10. The highest BCUT2D eigenvalue weighted by atomic mass is 127. The molecule has 2 aromatic rings. The van der Waals surface area contributed by atoms with Gasteiger partial charge in [0.15, 0.2) is 0 Å². The molecule has 15 heavy (non-hydrogen) atoms. The zero-order chi connectivity index (χ0) is 10.7. The van der Waals surface area contributed by atoms with Crippen molar-refractivity contribution < 1.29 is 0 Å². The molecule has 2 heteroatoms. The smallest absolute Gasteiger partial charge is 0.0835 e. The third-order valence-electron chi connectivity index (χ3n) is 2.23. The second-order valence-electron chi connectivity index (χ2n) is 3.33. The first-order chi connectivity index (χ1) is 7.27. The Morgan fingerprint density at radius 1 is 0.867 bits per heavy atom. The summed E-state index contributed by atoms with van der Waals surface area (Å²) in [5.74, 6) is 0. The van der Waals surface area contributed by atoms with Gasteiger partial charge in [-0.3, -0.25) is 0 Å². The highest BCUT2D eigenvalue weighted by Gasteiger charge is 2.09. The van der Waals surface area contributed by atoms with E-state index in [0.717, 1.165) is 11.1 Å². The summed E-state index contributed by atoms with van der Waals surface area (Å²) in [5, 5.41) is -0.0547. The Kier molecular flexibility index (Phi) is 3.65. The van der Waals surface area contributed by atoms with Crippen LogP contribution in [0.4, 0.5) is 0 Å². The minimum atomic E-state index is -0.0547. The normalized spacial score (nSPS) is 12.4. The van der Waals surface area contributed by atoms with Gasteiger partial charge in [0, 0.05) is 3.57 Å². The number of benzene rings is 2. The first-order valence-electron chi connectivity index (χ1n) is 4.72. The number of hydrogen-bond acceptors (Lipinski definition) is 0. The van der Waals surface area contributed by atoms with E-state index in [1.807, 2.05) is 24.3 Å². The SMILES string of the molecule is ClC(c1ccccc1)c1cccc(I)c1. The summed E-state index contributed by atoms with van der Waals surface area (Å²) >= 11 is 8.70. The summed E-state index contributed by atoms with van der Waals surface area (Å²) in [6, 6.07) is 18.4. The van der Waals surface area contributed by atoms with Gasteiger partial charge in [0.25, 0.3) is 0 Å². The Labute approximate surface area is 108 Å². The summed E-state index contributed by atoms with van der Waals surface area (Å²) in [7, 11) is 0. The van der Waals surface area contributed by atoms with Gasteiger partial charge < -0.3 is 0 Å².